The number of carbonyl (C=O) groups is 2. The monoisotopic (exact) mass is 485 g/mol. The predicted octanol–water partition coefficient (Wildman–Crippen LogP) is 4.29. The van der Waals surface area contributed by atoms with E-state index < -0.39 is 0 Å². The lowest BCUT2D eigenvalue weighted by Crippen LogP contribution is -2.52. The van der Waals surface area contributed by atoms with Crippen LogP contribution in [0.4, 0.5) is 5.82 Å². The Bertz CT molecular complexity index is 1140. The van der Waals surface area contributed by atoms with Crippen molar-refractivity contribution in [3.8, 4) is 11.3 Å². The lowest BCUT2D eigenvalue weighted by molar-refractivity contribution is -0.132. The highest BCUT2D eigenvalue weighted by Crippen LogP contribution is 2.20. The molecule has 1 saturated heterocycles. The van der Waals surface area contributed by atoms with Crippen molar-refractivity contribution in [1.82, 2.24) is 20.0 Å². The van der Waals surface area contributed by atoms with Crippen LogP contribution in [0.1, 0.15) is 36.2 Å². The van der Waals surface area contributed by atoms with Gasteiger partial charge in [0.1, 0.15) is 6.54 Å². The van der Waals surface area contributed by atoms with Crippen LogP contribution in [0, 0.1) is 12.8 Å². The summed E-state index contributed by atoms with van der Waals surface area (Å²) < 4.78 is 0. The second-order valence-electron chi connectivity index (χ2n) is 9.79. The maximum absolute atomic E-state index is 13.1. The number of piperazine rings is 1. The number of hydrogen-bond acceptors (Lipinski definition) is 5. The van der Waals surface area contributed by atoms with Gasteiger partial charge in [-0.3, -0.25) is 9.59 Å². The predicted molar refractivity (Wildman–Crippen MR) is 143 cm³/mol. The second kappa shape index (κ2) is 11.8. The van der Waals surface area contributed by atoms with Crippen molar-refractivity contribution >= 4 is 17.6 Å². The zero-order valence-electron chi connectivity index (χ0n) is 21.4. The van der Waals surface area contributed by atoms with Crippen LogP contribution in [0.15, 0.2) is 66.7 Å². The summed E-state index contributed by atoms with van der Waals surface area (Å²) in [5.74, 6) is 1.17. The number of carbonyl (C=O) groups excluding carboxylic acids is 2. The van der Waals surface area contributed by atoms with E-state index in [1.807, 2.05) is 35.2 Å². The number of rotatable bonds is 8. The molecule has 0 atom stereocenters. The SMILES string of the molecule is Cc1ccc(-c2ccc(N3CCN(C(=O)CN(CCC(C)C)C(=O)c4ccccc4)CC3)nn2)cc1. The van der Waals surface area contributed by atoms with Gasteiger partial charge in [-0.15, -0.1) is 10.2 Å². The molecule has 1 aliphatic heterocycles. The highest BCUT2D eigenvalue weighted by atomic mass is 16.2. The number of nitrogens with zero attached hydrogens (tertiary/aromatic N) is 5. The minimum atomic E-state index is -0.0906. The Morgan fingerprint density at radius 2 is 1.58 bits per heavy atom. The Labute approximate surface area is 213 Å². The summed E-state index contributed by atoms with van der Waals surface area (Å²) in [6, 6.07) is 21.4. The van der Waals surface area contributed by atoms with Crippen molar-refractivity contribution in [2.75, 3.05) is 44.2 Å². The average Bonchev–Trinajstić information content (AvgIpc) is 2.91. The zero-order chi connectivity index (χ0) is 25.5. The van der Waals surface area contributed by atoms with Crippen molar-refractivity contribution in [2.24, 2.45) is 5.92 Å². The molecule has 0 N–H and O–H groups in total. The average molecular weight is 486 g/mol. The molecule has 0 unspecified atom stereocenters. The molecule has 0 aliphatic carbocycles. The van der Waals surface area contributed by atoms with E-state index in [0.717, 1.165) is 23.5 Å². The lowest BCUT2D eigenvalue weighted by atomic mass is 10.1. The zero-order valence-corrected chi connectivity index (χ0v) is 21.4. The van der Waals surface area contributed by atoms with E-state index in [9.17, 15) is 9.59 Å². The van der Waals surface area contributed by atoms with Crippen LogP contribution in [-0.4, -0.2) is 71.1 Å². The Balaban J connectivity index is 1.34. The van der Waals surface area contributed by atoms with Gasteiger partial charge in [0.25, 0.3) is 5.91 Å². The molecule has 7 nitrogen and oxygen atoms in total. The van der Waals surface area contributed by atoms with Gasteiger partial charge in [-0.2, -0.15) is 0 Å². The van der Waals surface area contributed by atoms with Crippen molar-refractivity contribution in [3.05, 3.63) is 77.9 Å². The van der Waals surface area contributed by atoms with Gasteiger partial charge in [-0.1, -0.05) is 61.9 Å². The molecule has 36 heavy (non-hydrogen) atoms. The van der Waals surface area contributed by atoms with Gasteiger partial charge in [-0.25, -0.2) is 0 Å². The molecule has 0 saturated carbocycles. The van der Waals surface area contributed by atoms with Crippen molar-refractivity contribution in [1.29, 1.82) is 0 Å². The minimum Gasteiger partial charge on any atom is -0.352 e. The molecule has 0 spiro atoms. The maximum atomic E-state index is 13.1. The summed E-state index contributed by atoms with van der Waals surface area (Å²) in [6.45, 7) is 9.55. The first-order valence-corrected chi connectivity index (χ1v) is 12.7. The van der Waals surface area contributed by atoms with Gasteiger partial charge >= 0.3 is 0 Å². The summed E-state index contributed by atoms with van der Waals surface area (Å²) in [5.41, 5.74) is 3.72. The Hall–Kier alpha value is -3.74. The number of amides is 2. The molecular formula is C29H35N5O2. The summed E-state index contributed by atoms with van der Waals surface area (Å²) >= 11 is 0. The smallest absolute Gasteiger partial charge is 0.254 e. The van der Waals surface area contributed by atoms with Crippen molar-refractivity contribution in [3.63, 3.8) is 0 Å². The Morgan fingerprint density at radius 3 is 2.19 bits per heavy atom. The maximum Gasteiger partial charge on any atom is 0.254 e. The molecular weight excluding hydrogens is 450 g/mol. The number of anilines is 1. The highest BCUT2D eigenvalue weighted by molar-refractivity contribution is 5.96. The van der Waals surface area contributed by atoms with E-state index in [-0.39, 0.29) is 18.4 Å². The van der Waals surface area contributed by atoms with Gasteiger partial charge in [-0.05, 0) is 43.5 Å². The third-order valence-electron chi connectivity index (χ3n) is 6.56. The van der Waals surface area contributed by atoms with Gasteiger partial charge < -0.3 is 14.7 Å². The fourth-order valence-electron chi connectivity index (χ4n) is 4.25. The van der Waals surface area contributed by atoms with Gasteiger partial charge in [0, 0.05) is 43.9 Å². The molecule has 1 fully saturated rings. The molecule has 2 aromatic carbocycles. The van der Waals surface area contributed by atoms with Crippen LogP contribution < -0.4 is 4.90 Å². The van der Waals surface area contributed by atoms with E-state index in [2.05, 4.69) is 60.1 Å². The van der Waals surface area contributed by atoms with Crippen LogP contribution >= 0.6 is 0 Å². The second-order valence-corrected chi connectivity index (χ2v) is 9.79. The number of benzene rings is 2. The van der Waals surface area contributed by atoms with Crippen LogP contribution in [0.3, 0.4) is 0 Å². The standard InChI is InChI=1S/C29H35N5O2/c1-22(2)15-16-34(29(36)25-7-5-4-6-8-25)21-28(35)33-19-17-32(18-20-33)27-14-13-26(30-31-27)24-11-9-23(3)10-12-24/h4-14,22H,15-21H2,1-3H3. The molecule has 188 valence electrons. The first kappa shape index (κ1) is 25.4. The van der Waals surface area contributed by atoms with Crippen LogP contribution in [0.5, 0.6) is 0 Å². The summed E-state index contributed by atoms with van der Waals surface area (Å²) in [5, 5.41) is 8.85. The van der Waals surface area contributed by atoms with E-state index in [4.69, 9.17) is 0 Å². The Kier molecular flexibility index (Phi) is 8.31. The number of aromatic nitrogens is 2. The molecule has 0 radical (unpaired) electrons. The lowest BCUT2D eigenvalue weighted by Gasteiger charge is -2.36. The quantitative estimate of drug-likeness (QED) is 0.476. The summed E-state index contributed by atoms with van der Waals surface area (Å²) in [7, 11) is 0. The van der Waals surface area contributed by atoms with Crippen molar-refractivity contribution < 1.29 is 9.59 Å². The molecule has 4 rings (SSSR count). The van der Waals surface area contributed by atoms with Crippen LogP contribution in [0.2, 0.25) is 0 Å². The summed E-state index contributed by atoms with van der Waals surface area (Å²) in [6.07, 6.45) is 0.858. The minimum absolute atomic E-state index is 0.0107. The fraction of sp³-hybridized carbons (Fsp3) is 0.379. The fourth-order valence-corrected chi connectivity index (χ4v) is 4.25. The third kappa shape index (κ3) is 6.47. The number of hydrogen-bond donors (Lipinski definition) is 0. The van der Waals surface area contributed by atoms with Gasteiger partial charge in [0.2, 0.25) is 5.91 Å². The Morgan fingerprint density at radius 1 is 0.889 bits per heavy atom. The first-order chi connectivity index (χ1) is 17.4. The number of aryl methyl sites for hydroxylation is 1. The normalized spacial score (nSPS) is 13.7. The third-order valence-corrected chi connectivity index (χ3v) is 6.56. The van der Waals surface area contributed by atoms with Gasteiger partial charge in [0.15, 0.2) is 5.82 Å². The molecule has 2 heterocycles. The van der Waals surface area contributed by atoms with Crippen LogP contribution in [-0.2, 0) is 4.79 Å². The van der Waals surface area contributed by atoms with E-state index in [1.165, 1.54) is 5.56 Å². The first-order valence-electron chi connectivity index (χ1n) is 12.7. The van der Waals surface area contributed by atoms with Gasteiger partial charge in [0.05, 0.1) is 5.69 Å². The topological polar surface area (TPSA) is 69.6 Å². The molecule has 7 heteroatoms. The van der Waals surface area contributed by atoms with E-state index in [0.29, 0.717) is 44.2 Å². The van der Waals surface area contributed by atoms with E-state index in [1.54, 1.807) is 17.0 Å². The molecule has 1 aromatic heterocycles. The highest BCUT2D eigenvalue weighted by Gasteiger charge is 2.26. The van der Waals surface area contributed by atoms with Crippen molar-refractivity contribution in [2.45, 2.75) is 27.2 Å². The molecule has 2 amide bonds. The van der Waals surface area contributed by atoms with Crippen LogP contribution in [0.25, 0.3) is 11.3 Å². The molecule has 3 aromatic rings. The largest absolute Gasteiger partial charge is 0.352 e. The molecule has 1 aliphatic rings. The molecule has 0 bridgehead atoms. The summed E-state index contributed by atoms with van der Waals surface area (Å²) in [4.78, 5) is 31.9. The van der Waals surface area contributed by atoms with E-state index >= 15 is 0 Å².